The molecule has 1 amide bonds. The summed E-state index contributed by atoms with van der Waals surface area (Å²) in [5.41, 5.74) is 0.899. The summed E-state index contributed by atoms with van der Waals surface area (Å²) in [4.78, 5) is 11.9. The lowest BCUT2D eigenvalue weighted by Gasteiger charge is -2.16. The van der Waals surface area contributed by atoms with Crippen molar-refractivity contribution in [3.05, 3.63) is 33.9 Å². The zero-order valence-electron chi connectivity index (χ0n) is 9.39. The number of benzene rings is 1. The molecule has 0 saturated carbocycles. The number of carbonyl (C=O) groups excluding carboxylic acids is 1. The van der Waals surface area contributed by atoms with Crippen LogP contribution in [0.25, 0.3) is 6.08 Å². The highest BCUT2D eigenvalue weighted by Crippen LogP contribution is 2.28. The van der Waals surface area contributed by atoms with Crippen LogP contribution in [0.4, 0.5) is 5.69 Å². The van der Waals surface area contributed by atoms with Crippen molar-refractivity contribution in [2.45, 2.75) is 0 Å². The number of carbonyl (C=O) groups is 1. The third-order valence-electron chi connectivity index (χ3n) is 2.34. The average Bonchev–Trinajstić information content (AvgIpc) is 2.57. The Kier molecular flexibility index (Phi) is 3.67. The molecular weight excluding hydrogens is 272 g/mol. The zero-order chi connectivity index (χ0) is 13.3. The Morgan fingerprint density at radius 2 is 2.28 bits per heavy atom. The van der Waals surface area contributed by atoms with E-state index < -0.39 is 0 Å². The number of hydrogen-bond donors (Lipinski definition) is 3. The molecule has 18 heavy (non-hydrogen) atoms. The van der Waals surface area contributed by atoms with E-state index in [2.05, 4.69) is 5.32 Å². The third kappa shape index (κ3) is 2.70. The van der Waals surface area contributed by atoms with Crippen LogP contribution in [0.5, 0.6) is 5.75 Å². The van der Waals surface area contributed by atoms with Gasteiger partial charge in [0.1, 0.15) is 4.32 Å². The highest BCUT2D eigenvalue weighted by Gasteiger charge is 2.22. The summed E-state index contributed by atoms with van der Waals surface area (Å²) in [5.74, 6) is -0.344. The molecule has 1 aliphatic heterocycles. The van der Waals surface area contributed by atoms with Crippen LogP contribution in [-0.2, 0) is 4.79 Å². The second-order valence-electron chi connectivity index (χ2n) is 3.69. The molecule has 0 radical (unpaired) electrons. The predicted molar refractivity (Wildman–Crippen MR) is 74.3 cm³/mol. The van der Waals surface area contributed by atoms with Crippen LogP contribution in [0.2, 0.25) is 0 Å². The summed E-state index contributed by atoms with van der Waals surface area (Å²) in [5, 5.41) is 23.1. The molecule has 1 atom stereocenters. The maximum atomic E-state index is 11.4. The highest BCUT2D eigenvalue weighted by molar-refractivity contribution is 8.26. The first-order valence-corrected chi connectivity index (χ1v) is 6.28. The van der Waals surface area contributed by atoms with E-state index in [1.54, 1.807) is 12.1 Å². The van der Waals surface area contributed by atoms with Crippen LogP contribution >= 0.6 is 24.0 Å². The van der Waals surface area contributed by atoms with Gasteiger partial charge in [0.05, 0.1) is 12.0 Å². The molecule has 2 rings (SSSR count). The van der Waals surface area contributed by atoms with Gasteiger partial charge >= 0.3 is 0 Å². The van der Waals surface area contributed by atoms with Crippen molar-refractivity contribution < 1.29 is 15.0 Å². The van der Waals surface area contributed by atoms with E-state index in [4.69, 9.17) is 12.2 Å². The lowest BCUT2D eigenvalue weighted by atomic mass is 10.1. The molecule has 7 heteroatoms. The summed E-state index contributed by atoms with van der Waals surface area (Å²) in [6.45, 7) is 0. The van der Waals surface area contributed by atoms with Gasteiger partial charge in [-0.3, -0.25) is 4.79 Å². The molecule has 0 aromatic heterocycles. The number of thiocarbonyl (C=S) groups is 1. The fraction of sp³-hybridized carbons (Fsp3) is 0.0909. The molecular formula is C11H10N2O3S2. The Hall–Kier alpha value is -1.41. The standard InChI is InChI=1S/C11H10N2O3S2/c1-13(16)7-3-2-6(4-8(7)14)5-9-10(15)12-11(17)18-9/h2-5,13-14H,1H3,(H,12,15,17)/b9-5-. The quantitative estimate of drug-likeness (QED) is 0.319. The molecule has 1 aromatic rings. The minimum absolute atomic E-state index is 0.0946. The van der Waals surface area contributed by atoms with E-state index in [1.165, 1.54) is 30.9 Å². The van der Waals surface area contributed by atoms with Gasteiger partial charge < -0.3 is 20.7 Å². The van der Waals surface area contributed by atoms with Crippen LogP contribution in [-0.4, -0.2) is 22.4 Å². The number of quaternary nitrogens is 1. The van der Waals surface area contributed by atoms with Crippen molar-refractivity contribution in [2.24, 2.45) is 0 Å². The first kappa shape index (κ1) is 13.0. The molecule has 0 aliphatic carbocycles. The van der Waals surface area contributed by atoms with E-state index in [0.717, 1.165) is 0 Å². The second-order valence-corrected chi connectivity index (χ2v) is 5.40. The van der Waals surface area contributed by atoms with Crippen molar-refractivity contribution in [1.82, 2.24) is 5.32 Å². The number of rotatable bonds is 2. The van der Waals surface area contributed by atoms with Gasteiger partial charge in [-0.15, -0.1) is 0 Å². The van der Waals surface area contributed by atoms with Crippen LogP contribution in [0.15, 0.2) is 23.1 Å². The van der Waals surface area contributed by atoms with Crippen molar-refractivity contribution in [3.8, 4) is 5.75 Å². The van der Waals surface area contributed by atoms with Crippen molar-refractivity contribution in [1.29, 1.82) is 0 Å². The molecule has 1 unspecified atom stereocenters. The minimum atomic E-state index is -0.250. The molecule has 94 valence electrons. The normalized spacial score (nSPS) is 19.1. The van der Waals surface area contributed by atoms with E-state index in [-0.39, 0.29) is 22.4 Å². The lowest BCUT2D eigenvalue weighted by Crippen LogP contribution is -2.98. The predicted octanol–water partition coefficient (Wildman–Crippen LogP) is 0.525. The van der Waals surface area contributed by atoms with Crippen molar-refractivity contribution in [3.63, 3.8) is 0 Å². The molecule has 1 saturated heterocycles. The van der Waals surface area contributed by atoms with E-state index >= 15 is 0 Å². The average molecular weight is 282 g/mol. The molecule has 5 nitrogen and oxygen atoms in total. The smallest absolute Gasteiger partial charge is 0.263 e. The maximum absolute atomic E-state index is 11.4. The second kappa shape index (κ2) is 5.07. The van der Waals surface area contributed by atoms with Gasteiger partial charge in [0.25, 0.3) is 5.91 Å². The Bertz CT molecular complexity index is 555. The van der Waals surface area contributed by atoms with E-state index in [0.29, 0.717) is 14.8 Å². The van der Waals surface area contributed by atoms with Crippen molar-refractivity contribution >= 4 is 46.0 Å². The van der Waals surface area contributed by atoms with Gasteiger partial charge in [0, 0.05) is 6.07 Å². The summed E-state index contributed by atoms with van der Waals surface area (Å²) < 4.78 is 0.413. The molecule has 3 N–H and O–H groups in total. The first-order valence-electron chi connectivity index (χ1n) is 5.06. The maximum Gasteiger partial charge on any atom is 0.263 e. The van der Waals surface area contributed by atoms with Crippen LogP contribution in [0.3, 0.4) is 0 Å². The van der Waals surface area contributed by atoms with Crippen LogP contribution < -0.4 is 10.4 Å². The lowest BCUT2D eigenvalue weighted by molar-refractivity contribution is -0.751. The number of hydrogen-bond acceptors (Lipinski definition) is 5. The van der Waals surface area contributed by atoms with Gasteiger partial charge in [-0.2, -0.15) is 0 Å². The number of nitrogens with one attached hydrogen (secondary N) is 2. The number of amides is 1. The topological polar surface area (TPSA) is 76.8 Å². The molecule has 0 bridgehead atoms. The first-order chi connectivity index (χ1) is 8.47. The Balaban J connectivity index is 2.31. The fourth-order valence-electron chi connectivity index (χ4n) is 1.51. The number of thioether (sulfide) groups is 1. The van der Waals surface area contributed by atoms with Gasteiger partial charge in [-0.25, -0.2) is 0 Å². The molecule has 1 fully saturated rings. The van der Waals surface area contributed by atoms with Gasteiger partial charge in [0.15, 0.2) is 11.4 Å². The van der Waals surface area contributed by atoms with Gasteiger partial charge in [-0.1, -0.05) is 24.0 Å². The van der Waals surface area contributed by atoms with E-state index in [9.17, 15) is 15.1 Å². The third-order valence-corrected chi connectivity index (χ3v) is 3.50. The van der Waals surface area contributed by atoms with Gasteiger partial charge in [-0.05, 0) is 23.8 Å². The number of aromatic hydroxyl groups is 1. The number of phenols is 1. The number of hydroxylamine groups is 1. The molecule has 1 aliphatic rings. The summed E-state index contributed by atoms with van der Waals surface area (Å²) in [6, 6.07) is 4.64. The number of phenolic OH excluding ortho intramolecular Hbond substituents is 1. The van der Waals surface area contributed by atoms with Crippen molar-refractivity contribution in [2.75, 3.05) is 7.05 Å². The molecule has 0 spiro atoms. The minimum Gasteiger partial charge on any atom is -0.629 e. The monoisotopic (exact) mass is 282 g/mol. The van der Waals surface area contributed by atoms with Crippen LogP contribution in [0, 0.1) is 5.21 Å². The zero-order valence-corrected chi connectivity index (χ0v) is 11.0. The largest absolute Gasteiger partial charge is 0.629 e. The summed E-state index contributed by atoms with van der Waals surface area (Å²) >= 11 is 6.03. The summed E-state index contributed by atoms with van der Waals surface area (Å²) in [7, 11) is 1.38. The summed E-state index contributed by atoms with van der Waals surface area (Å²) in [6.07, 6.45) is 1.61. The van der Waals surface area contributed by atoms with Gasteiger partial charge in [0.2, 0.25) is 0 Å². The van der Waals surface area contributed by atoms with Crippen LogP contribution in [0.1, 0.15) is 5.56 Å². The Morgan fingerprint density at radius 1 is 1.56 bits per heavy atom. The fourth-order valence-corrected chi connectivity index (χ4v) is 2.55. The van der Waals surface area contributed by atoms with E-state index in [1.807, 2.05) is 0 Å². The SMILES string of the molecule is C[NH+]([O-])c1ccc(/C=C2\SC(=S)NC2=O)cc1O. The molecule has 1 aromatic carbocycles. The molecule has 1 heterocycles. The highest BCUT2D eigenvalue weighted by atomic mass is 32.2. The Labute approximate surface area is 113 Å². The Morgan fingerprint density at radius 3 is 2.78 bits per heavy atom.